The van der Waals surface area contributed by atoms with E-state index < -0.39 is 13.6 Å². The van der Waals surface area contributed by atoms with Crippen LogP contribution in [0.15, 0.2) is 0 Å². The van der Waals surface area contributed by atoms with Gasteiger partial charge in [0.1, 0.15) is 0 Å². The largest absolute Gasteiger partial charge is 0.269 e. The molecule has 0 aliphatic carbocycles. The van der Waals surface area contributed by atoms with Crippen LogP contribution in [0.5, 0.6) is 0 Å². The molecule has 0 aromatic carbocycles. The van der Waals surface area contributed by atoms with E-state index >= 15 is 0 Å². The molecule has 0 saturated carbocycles. The first kappa shape index (κ1) is 7.44. The highest BCUT2D eigenvalue weighted by molar-refractivity contribution is 8.32. The van der Waals surface area contributed by atoms with Crippen molar-refractivity contribution in [3.05, 3.63) is 0 Å². The molecule has 0 bridgehead atoms. The molecule has 7 heavy (non-hydrogen) atoms. The third kappa shape index (κ3) is 3.06. The Kier molecular flexibility index (Phi) is 3.66. The predicted octanol–water partition coefficient (Wildman–Crippen LogP) is 2.57. The van der Waals surface area contributed by atoms with Crippen molar-refractivity contribution >= 4 is 34.1 Å². The van der Waals surface area contributed by atoms with Gasteiger partial charge in [0.05, 0.1) is 0 Å². The van der Waals surface area contributed by atoms with E-state index in [0.717, 1.165) is 7.87 Å². The Bertz CT molecular complexity index is 174. The van der Waals surface area contributed by atoms with Crippen molar-refractivity contribution in [2.75, 3.05) is 6.66 Å². The van der Waals surface area contributed by atoms with Crippen molar-refractivity contribution in [1.82, 2.24) is 0 Å². The summed E-state index contributed by atoms with van der Waals surface area (Å²) in [6.07, 6.45) is 7.14. The van der Waals surface area contributed by atoms with E-state index in [-0.39, 0.29) is 0 Å². The minimum atomic E-state index is -1.07. The molecule has 0 amide bonds. The van der Waals surface area contributed by atoms with E-state index in [9.17, 15) is 4.57 Å². The molecule has 0 fully saturated rings. The van der Waals surface area contributed by atoms with Crippen LogP contribution >= 0.6 is 21.5 Å². The monoisotopic (exact) mass is 152 g/mol. The summed E-state index contributed by atoms with van der Waals surface area (Å²) in [5, 5.41) is 0. The molecule has 0 radical (unpaired) electrons. The first-order valence-corrected chi connectivity index (χ1v) is 7.39. The summed E-state index contributed by atoms with van der Waals surface area (Å²) in [5.41, 5.74) is 0. The number of hydrogen-bond acceptors (Lipinski definition) is 1. The van der Waals surface area contributed by atoms with Gasteiger partial charge in [-0.3, -0.25) is 4.57 Å². The van der Waals surface area contributed by atoms with E-state index in [1.54, 1.807) is 0 Å². The lowest BCUT2D eigenvalue weighted by Crippen LogP contribution is -1.18. The van der Waals surface area contributed by atoms with Crippen LogP contribution in [-0.2, 0) is 4.57 Å². The lowest BCUT2D eigenvalue weighted by atomic mass is 12.0. The fraction of sp³-hybridized carbons (Fsp3) is 0.333. The molecule has 0 spiro atoms. The van der Waals surface area contributed by atoms with Crippen molar-refractivity contribution < 1.29 is 4.57 Å². The van der Waals surface area contributed by atoms with Gasteiger partial charge in [-0.15, -0.1) is 0 Å². The maximum Gasteiger partial charge on any atom is 0.165 e. The highest BCUT2D eigenvalue weighted by Gasteiger charge is 1.70. The average molecular weight is 152 g/mol. The minimum Gasteiger partial charge on any atom is -0.269 e. The van der Waals surface area contributed by atoms with Gasteiger partial charge in [-0.1, -0.05) is 12.6 Å². The van der Waals surface area contributed by atoms with Gasteiger partial charge in [0.15, 0.2) is 6.78 Å². The molecule has 4 heteroatoms. The maximum absolute atomic E-state index is 10.6. The number of hydrogen-bond donors (Lipinski definition) is 0. The highest BCUT2D eigenvalue weighted by atomic mass is 32.2. The summed E-state index contributed by atoms with van der Waals surface area (Å²) >= 11 is 0. The molecule has 40 valence electrons. The first-order chi connectivity index (χ1) is 3.18. The molecule has 1 nitrogen and oxygen atoms in total. The van der Waals surface area contributed by atoms with Gasteiger partial charge in [-0.25, -0.2) is 0 Å². The summed E-state index contributed by atoms with van der Waals surface area (Å²) in [4.78, 5) is 0. The molecule has 0 aliphatic rings. The van der Waals surface area contributed by atoms with Gasteiger partial charge in [-0.2, -0.15) is 0 Å². The summed E-state index contributed by atoms with van der Waals surface area (Å²) < 4.78 is 10.6. The Morgan fingerprint density at radius 1 is 1.57 bits per heavy atom. The Balaban J connectivity index is 4.45. The molecule has 0 N–H and O–H groups in total. The van der Waals surface area contributed by atoms with E-state index in [0.29, 0.717) is 0 Å². The minimum absolute atomic E-state index is 0.665. The van der Waals surface area contributed by atoms with Crippen LogP contribution in [0.1, 0.15) is 0 Å². The normalized spacial score (nSPS) is 11.3. The third-order valence-electron chi connectivity index (χ3n) is 0.413. The van der Waals surface area contributed by atoms with Crippen LogP contribution in [0.25, 0.3) is 0 Å². The van der Waals surface area contributed by atoms with Crippen LogP contribution in [0.3, 0.4) is 0 Å². The Labute approximate surface area is 46.1 Å². The van der Waals surface area contributed by atoms with E-state index in [2.05, 4.69) is 12.6 Å². The second kappa shape index (κ2) is 3.44. The highest BCUT2D eigenvalue weighted by Crippen LogP contribution is 2.38. The van der Waals surface area contributed by atoms with Crippen molar-refractivity contribution in [3.8, 4) is 0 Å². The lowest BCUT2D eigenvalue weighted by Gasteiger charge is -1.67. The van der Waals surface area contributed by atoms with Crippen molar-refractivity contribution in [1.29, 1.82) is 0 Å². The SMILES string of the molecule is C=P(=C)P(=O)=PC. The predicted molar refractivity (Wildman–Crippen MR) is 41.6 cm³/mol. The van der Waals surface area contributed by atoms with Crippen LogP contribution < -0.4 is 0 Å². The first-order valence-electron chi connectivity index (χ1n) is 1.66. The topological polar surface area (TPSA) is 17.1 Å². The van der Waals surface area contributed by atoms with Gasteiger partial charge in [0.25, 0.3) is 0 Å². The standard InChI is InChI=1S/C3H7OP3/c1-5-7(4)6(2)3/h2-3H2,1H3. The molecule has 0 heterocycles. The smallest absolute Gasteiger partial charge is 0.165 e. The summed E-state index contributed by atoms with van der Waals surface area (Å²) in [7, 11) is 0.935. The van der Waals surface area contributed by atoms with Crippen LogP contribution in [0.2, 0.25) is 0 Å². The van der Waals surface area contributed by atoms with Crippen LogP contribution in [0, 0.1) is 0 Å². The quantitative estimate of drug-likeness (QED) is 0.527. The van der Waals surface area contributed by atoms with Gasteiger partial charge in [0, 0.05) is 0 Å². The average Bonchev–Trinajstić information content (AvgIpc) is 1.65. The molecule has 0 rings (SSSR count). The fourth-order valence-corrected chi connectivity index (χ4v) is 3.42. The second-order valence-corrected chi connectivity index (χ2v) is 8.90. The zero-order chi connectivity index (χ0) is 5.86. The maximum atomic E-state index is 10.6. The zero-order valence-corrected chi connectivity index (χ0v) is 6.85. The summed E-state index contributed by atoms with van der Waals surface area (Å²) in [6.45, 7) is 0.128. The Morgan fingerprint density at radius 2 is 2.00 bits per heavy atom. The summed E-state index contributed by atoms with van der Waals surface area (Å²) in [6, 6.07) is 0. The van der Waals surface area contributed by atoms with E-state index in [1.165, 1.54) is 0 Å². The van der Waals surface area contributed by atoms with E-state index in [4.69, 9.17) is 0 Å². The zero-order valence-electron chi connectivity index (χ0n) is 4.16. The van der Waals surface area contributed by atoms with Crippen molar-refractivity contribution in [3.63, 3.8) is 0 Å². The molecule has 0 saturated heterocycles. The molecule has 0 aliphatic heterocycles. The third-order valence-corrected chi connectivity index (χ3v) is 7.60. The molecule has 1 unspecified atom stereocenters. The fourth-order valence-electron chi connectivity index (χ4n) is 0.126. The van der Waals surface area contributed by atoms with Gasteiger partial charge in [-0.05, 0) is 21.4 Å². The van der Waals surface area contributed by atoms with Crippen molar-refractivity contribution in [2.24, 2.45) is 0 Å². The summed E-state index contributed by atoms with van der Waals surface area (Å²) in [5.74, 6) is 0. The lowest BCUT2D eigenvalue weighted by molar-refractivity contribution is 0.604. The number of rotatable bonds is 1. The van der Waals surface area contributed by atoms with Crippen LogP contribution in [0.4, 0.5) is 0 Å². The van der Waals surface area contributed by atoms with Crippen LogP contribution in [-0.4, -0.2) is 19.3 Å². The molecule has 0 aromatic heterocycles. The van der Waals surface area contributed by atoms with Gasteiger partial charge >= 0.3 is 0 Å². The molecular formula is C3H7OP3. The Hall–Kier alpha value is 0.440. The molecular weight excluding hydrogens is 145 g/mol. The van der Waals surface area contributed by atoms with Gasteiger partial charge in [0.2, 0.25) is 0 Å². The Morgan fingerprint density at radius 3 is 2.00 bits per heavy atom. The van der Waals surface area contributed by atoms with Crippen molar-refractivity contribution in [2.45, 2.75) is 0 Å². The molecule has 1 atom stereocenters. The second-order valence-electron chi connectivity index (χ2n) is 0.959. The van der Waals surface area contributed by atoms with Gasteiger partial charge < -0.3 is 0 Å². The molecule has 0 aromatic rings. The van der Waals surface area contributed by atoms with E-state index in [1.807, 2.05) is 6.66 Å².